The largest absolute Gasteiger partial charge is 0.456 e. The summed E-state index contributed by atoms with van der Waals surface area (Å²) in [5.74, 6) is 0.718. The third-order valence-corrected chi connectivity index (χ3v) is 10.9. The Kier molecular flexibility index (Phi) is 5.70. The van der Waals surface area contributed by atoms with Crippen LogP contribution in [-0.2, 0) is 5.41 Å². The van der Waals surface area contributed by atoms with Gasteiger partial charge in [0, 0.05) is 49.3 Å². The van der Waals surface area contributed by atoms with Gasteiger partial charge in [-0.05, 0) is 47.0 Å². The number of hydrogen-bond donors (Lipinski definition) is 0. The van der Waals surface area contributed by atoms with Crippen molar-refractivity contribution in [2.24, 2.45) is 0 Å². The summed E-state index contributed by atoms with van der Waals surface area (Å²) in [6.45, 7) is 4.68. The molecule has 0 amide bonds. The van der Waals surface area contributed by atoms with Crippen molar-refractivity contribution in [1.82, 2.24) is 14.5 Å². The molecule has 0 atom stereocenters. The molecule has 240 valence electrons. The van der Waals surface area contributed by atoms with Gasteiger partial charge in [-0.15, -0.1) is 0 Å². The van der Waals surface area contributed by atoms with Gasteiger partial charge < -0.3 is 8.98 Å². The normalized spacial score (nSPS) is 13.5. The van der Waals surface area contributed by atoms with Crippen molar-refractivity contribution in [2.75, 3.05) is 0 Å². The number of furan rings is 1. The summed E-state index contributed by atoms with van der Waals surface area (Å²) in [6.07, 6.45) is 0. The highest BCUT2D eigenvalue weighted by atomic mass is 16.3. The molecule has 0 saturated carbocycles. The van der Waals surface area contributed by atoms with E-state index in [0.29, 0.717) is 0 Å². The fourth-order valence-corrected chi connectivity index (χ4v) is 8.73. The van der Waals surface area contributed by atoms with Gasteiger partial charge in [0.25, 0.3) is 0 Å². The summed E-state index contributed by atoms with van der Waals surface area (Å²) in [5.41, 5.74) is 14.0. The van der Waals surface area contributed by atoms with E-state index in [1.54, 1.807) is 0 Å². The summed E-state index contributed by atoms with van der Waals surface area (Å²) in [7, 11) is 0. The van der Waals surface area contributed by atoms with E-state index in [-0.39, 0.29) is 5.41 Å². The van der Waals surface area contributed by atoms with Crippen LogP contribution in [0.2, 0.25) is 0 Å². The van der Waals surface area contributed by atoms with Crippen LogP contribution >= 0.6 is 0 Å². The first kappa shape index (κ1) is 28.3. The summed E-state index contributed by atoms with van der Waals surface area (Å²) in [4.78, 5) is 10.3. The molecule has 0 radical (unpaired) electrons. The third-order valence-electron chi connectivity index (χ3n) is 10.9. The maximum absolute atomic E-state index is 6.93. The predicted molar refractivity (Wildman–Crippen MR) is 210 cm³/mol. The SMILES string of the molecule is CC1(C)c2ccccc2-c2c1c1oc3ccccc3c1c1c2c2ccccc2n1-c1ccc2nc(-c3ccccc3)nc(-c3ccccc3)c2c1. The molecule has 4 nitrogen and oxygen atoms in total. The highest BCUT2D eigenvalue weighted by Gasteiger charge is 2.41. The highest BCUT2D eigenvalue weighted by molar-refractivity contribution is 6.30. The highest BCUT2D eigenvalue weighted by Crippen LogP contribution is 2.57. The topological polar surface area (TPSA) is 43.9 Å². The maximum atomic E-state index is 6.93. The lowest BCUT2D eigenvalue weighted by molar-refractivity contribution is 0.620. The van der Waals surface area contributed by atoms with Crippen LogP contribution in [0.15, 0.2) is 156 Å². The zero-order valence-electron chi connectivity index (χ0n) is 28.2. The zero-order valence-corrected chi connectivity index (χ0v) is 28.2. The van der Waals surface area contributed by atoms with Gasteiger partial charge in [0.05, 0.1) is 27.6 Å². The molecule has 10 aromatic rings. The van der Waals surface area contributed by atoms with Crippen LogP contribution in [0.25, 0.3) is 94.1 Å². The zero-order chi connectivity index (χ0) is 33.8. The molecular formula is C47H31N3O. The number of nitrogens with zero attached hydrogens (tertiary/aromatic N) is 3. The molecule has 1 aliphatic rings. The second-order valence-electron chi connectivity index (χ2n) is 14.1. The van der Waals surface area contributed by atoms with E-state index >= 15 is 0 Å². The molecule has 0 N–H and O–H groups in total. The van der Waals surface area contributed by atoms with E-state index in [2.05, 4.69) is 146 Å². The first-order valence-corrected chi connectivity index (χ1v) is 17.5. The third kappa shape index (κ3) is 3.85. The number of hydrogen-bond acceptors (Lipinski definition) is 3. The number of para-hydroxylation sites is 2. The van der Waals surface area contributed by atoms with Crippen molar-refractivity contribution < 1.29 is 4.42 Å². The van der Waals surface area contributed by atoms with E-state index in [4.69, 9.17) is 14.4 Å². The van der Waals surface area contributed by atoms with E-state index in [0.717, 1.165) is 72.2 Å². The van der Waals surface area contributed by atoms with Crippen LogP contribution < -0.4 is 0 Å². The summed E-state index contributed by atoms with van der Waals surface area (Å²) in [5, 5.41) is 5.76. The Labute approximate surface area is 294 Å². The van der Waals surface area contributed by atoms with Crippen LogP contribution in [0, 0.1) is 0 Å². The Balaban J connectivity index is 1.31. The Morgan fingerprint density at radius 2 is 1.27 bits per heavy atom. The smallest absolute Gasteiger partial charge is 0.160 e. The molecule has 0 saturated heterocycles. The van der Waals surface area contributed by atoms with Crippen molar-refractivity contribution in [3.8, 4) is 39.5 Å². The molecule has 0 aliphatic heterocycles. The van der Waals surface area contributed by atoms with Crippen molar-refractivity contribution in [2.45, 2.75) is 19.3 Å². The molecule has 0 spiro atoms. The second-order valence-corrected chi connectivity index (χ2v) is 14.1. The first-order valence-electron chi connectivity index (χ1n) is 17.5. The quantitative estimate of drug-likeness (QED) is 0.191. The number of fused-ring (bicyclic) bond motifs is 13. The summed E-state index contributed by atoms with van der Waals surface area (Å²) < 4.78 is 9.37. The second kappa shape index (κ2) is 10.3. The van der Waals surface area contributed by atoms with E-state index in [1.807, 2.05) is 24.3 Å². The molecule has 4 heteroatoms. The fraction of sp³-hybridized carbons (Fsp3) is 0.0638. The van der Waals surface area contributed by atoms with Crippen molar-refractivity contribution in [1.29, 1.82) is 0 Å². The molecular weight excluding hydrogens is 623 g/mol. The van der Waals surface area contributed by atoms with Gasteiger partial charge in [-0.25, -0.2) is 9.97 Å². The van der Waals surface area contributed by atoms with Crippen LogP contribution in [0.1, 0.15) is 25.0 Å². The molecule has 11 rings (SSSR count). The van der Waals surface area contributed by atoms with Crippen molar-refractivity contribution >= 4 is 54.6 Å². The van der Waals surface area contributed by atoms with Gasteiger partial charge in [-0.1, -0.05) is 135 Å². The van der Waals surface area contributed by atoms with Gasteiger partial charge in [0.1, 0.15) is 11.2 Å². The Bertz CT molecular complexity index is 3040. The molecule has 51 heavy (non-hydrogen) atoms. The number of rotatable bonds is 3. The molecule has 0 fully saturated rings. The lowest BCUT2D eigenvalue weighted by Gasteiger charge is -2.22. The number of aromatic nitrogens is 3. The van der Waals surface area contributed by atoms with Gasteiger partial charge in [-0.2, -0.15) is 0 Å². The molecule has 1 aliphatic carbocycles. The maximum Gasteiger partial charge on any atom is 0.160 e. The monoisotopic (exact) mass is 653 g/mol. The van der Waals surface area contributed by atoms with Crippen LogP contribution in [0.5, 0.6) is 0 Å². The molecule has 3 aromatic heterocycles. The van der Waals surface area contributed by atoms with Crippen LogP contribution in [0.3, 0.4) is 0 Å². The Hall–Kier alpha value is -6.52. The molecule has 0 bridgehead atoms. The predicted octanol–water partition coefficient (Wildman–Crippen LogP) is 12.3. The Morgan fingerprint density at radius 3 is 2.10 bits per heavy atom. The summed E-state index contributed by atoms with van der Waals surface area (Å²) in [6, 6.07) is 53.5. The van der Waals surface area contributed by atoms with Crippen LogP contribution in [-0.4, -0.2) is 14.5 Å². The van der Waals surface area contributed by atoms with E-state index in [1.165, 1.54) is 33.0 Å². The van der Waals surface area contributed by atoms with E-state index < -0.39 is 0 Å². The number of benzene rings is 7. The van der Waals surface area contributed by atoms with Crippen molar-refractivity contribution in [3.63, 3.8) is 0 Å². The van der Waals surface area contributed by atoms with Gasteiger partial charge >= 0.3 is 0 Å². The van der Waals surface area contributed by atoms with Crippen molar-refractivity contribution in [3.05, 3.63) is 163 Å². The molecule has 7 aromatic carbocycles. The lowest BCUT2D eigenvalue weighted by atomic mass is 9.81. The fourth-order valence-electron chi connectivity index (χ4n) is 8.73. The minimum absolute atomic E-state index is 0.239. The van der Waals surface area contributed by atoms with Crippen LogP contribution in [0.4, 0.5) is 0 Å². The van der Waals surface area contributed by atoms with Gasteiger partial charge in [-0.3, -0.25) is 0 Å². The first-order chi connectivity index (χ1) is 25.1. The average molecular weight is 654 g/mol. The average Bonchev–Trinajstić information content (AvgIpc) is 3.80. The standard InChI is InChI=1S/C47H31N3O/c1-47(2)35-22-12-9-19-31(35)39-40-32-20-10-13-23-37(32)50(44(40)41-33-21-11-14-24-38(33)51-45(41)42(39)47)30-25-26-36-34(27-30)43(28-15-5-3-6-16-28)49-46(48-36)29-17-7-4-8-18-29/h3-27H,1-2H3. The Morgan fingerprint density at radius 1 is 0.588 bits per heavy atom. The van der Waals surface area contributed by atoms with E-state index in [9.17, 15) is 0 Å². The minimum Gasteiger partial charge on any atom is -0.456 e. The molecule has 3 heterocycles. The lowest BCUT2D eigenvalue weighted by Crippen LogP contribution is -2.15. The minimum atomic E-state index is -0.239. The molecule has 0 unspecified atom stereocenters. The van der Waals surface area contributed by atoms with Gasteiger partial charge in [0.2, 0.25) is 0 Å². The van der Waals surface area contributed by atoms with Gasteiger partial charge in [0.15, 0.2) is 5.82 Å². The summed E-state index contributed by atoms with van der Waals surface area (Å²) >= 11 is 0.